The lowest BCUT2D eigenvalue weighted by Crippen LogP contribution is -2.43. The van der Waals surface area contributed by atoms with Gasteiger partial charge in [-0.15, -0.1) is 0 Å². The SMILES string of the molecule is CS(=O)(=O)N1CCC2(CC1)CN[C@H](C=O)C2. The van der Waals surface area contributed by atoms with E-state index in [0.29, 0.717) is 13.1 Å². The summed E-state index contributed by atoms with van der Waals surface area (Å²) in [7, 11) is -3.05. The molecule has 5 nitrogen and oxygen atoms in total. The van der Waals surface area contributed by atoms with Crippen LogP contribution in [0.2, 0.25) is 0 Å². The van der Waals surface area contributed by atoms with E-state index >= 15 is 0 Å². The molecule has 0 bridgehead atoms. The third kappa shape index (κ3) is 2.28. The second-order valence-corrected chi connectivity index (χ2v) is 6.97. The Bertz CT molecular complexity index is 372. The van der Waals surface area contributed by atoms with Gasteiger partial charge >= 0.3 is 0 Å². The first kappa shape index (κ1) is 12.0. The fraction of sp³-hybridized carbons (Fsp3) is 0.900. The van der Waals surface area contributed by atoms with Crippen LogP contribution in [0.15, 0.2) is 0 Å². The predicted octanol–water partition coefficient (Wildman–Crippen LogP) is -0.411. The second kappa shape index (κ2) is 4.09. The van der Waals surface area contributed by atoms with Crippen LogP contribution >= 0.6 is 0 Å². The minimum atomic E-state index is -3.05. The molecule has 6 heteroatoms. The maximum absolute atomic E-state index is 11.4. The lowest BCUT2D eigenvalue weighted by Gasteiger charge is -2.37. The second-order valence-electron chi connectivity index (χ2n) is 4.99. The highest BCUT2D eigenvalue weighted by Crippen LogP contribution is 2.39. The summed E-state index contributed by atoms with van der Waals surface area (Å²) in [6, 6.07) is -0.0372. The lowest BCUT2D eigenvalue weighted by molar-refractivity contribution is -0.109. The Kier molecular flexibility index (Phi) is 3.07. The van der Waals surface area contributed by atoms with Crippen molar-refractivity contribution in [3.05, 3.63) is 0 Å². The highest BCUT2D eigenvalue weighted by Gasteiger charge is 2.42. The van der Waals surface area contributed by atoms with E-state index in [1.165, 1.54) is 10.6 Å². The number of nitrogens with zero attached hydrogens (tertiary/aromatic N) is 1. The average molecular weight is 246 g/mol. The van der Waals surface area contributed by atoms with E-state index in [0.717, 1.165) is 32.1 Å². The number of carbonyl (C=O) groups excluding carboxylic acids is 1. The van der Waals surface area contributed by atoms with Crippen molar-refractivity contribution in [2.75, 3.05) is 25.9 Å². The van der Waals surface area contributed by atoms with Crippen molar-refractivity contribution in [3.63, 3.8) is 0 Å². The minimum absolute atomic E-state index is 0.0372. The molecule has 1 atom stereocenters. The number of carbonyl (C=O) groups is 1. The summed E-state index contributed by atoms with van der Waals surface area (Å²) in [6.07, 6.45) is 4.78. The largest absolute Gasteiger partial charge is 0.307 e. The van der Waals surface area contributed by atoms with E-state index in [4.69, 9.17) is 0 Å². The van der Waals surface area contributed by atoms with Gasteiger partial charge in [0.1, 0.15) is 6.29 Å². The summed E-state index contributed by atoms with van der Waals surface area (Å²) >= 11 is 0. The summed E-state index contributed by atoms with van der Waals surface area (Å²) in [4.78, 5) is 10.7. The molecule has 0 aromatic carbocycles. The predicted molar refractivity (Wildman–Crippen MR) is 60.6 cm³/mol. The van der Waals surface area contributed by atoms with Crippen molar-refractivity contribution < 1.29 is 13.2 Å². The van der Waals surface area contributed by atoms with Crippen molar-refractivity contribution in [2.24, 2.45) is 5.41 Å². The molecule has 0 aromatic rings. The van der Waals surface area contributed by atoms with E-state index in [2.05, 4.69) is 5.32 Å². The van der Waals surface area contributed by atoms with Gasteiger partial charge in [0.15, 0.2) is 0 Å². The standard InChI is InChI=1S/C10H18N2O3S/c1-16(14,15)12-4-2-10(3-5-12)6-9(7-13)11-8-10/h7,9,11H,2-6,8H2,1H3/t9-/m0/s1. The van der Waals surface area contributed by atoms with Gasteiger partial charge in [0.05, 0.1) is 12.3 Å². The monoisotopic (exact) mass is 246 g/mol. The quantitative estimate of drug-likeness (QED) is 0.673. The number of sulfonamides is 1. The smallest absolute Gasteiger partial charge is 0.211 e. The van der Waals surface area contributed by atoms with E-state index in [1.54, 1.807) is 0 Å². The molecule has 92 valence electrons. The van der Waals surface area contributed by atoms with Crippen LogP contribution in [0.4, 0.5) is 0 Å². The molecule has 2 aliphatic rings. The summed E-state index contributed by atoms with van der Waals surface area (Å²) in [6.45, 7) is 2.02. The molecular weight excluding hydrogens is 228 g/mol. The zero-order valence-electron chi connectivity index (χ0n) is 9.48. The zero-order chi connectivity index (χ0) is 11.8. The molecule has 2 fully saturated rings. The van der Waals surface area contributed by atoms with Crippen LogP contribution in [0.1, 0.15) is 19.3 Å². The molecule has 0 aliphatic carbocycles. The molecule has 16 heavy (non-hydrogen) atoms. The highest BCUT2D eigenvalue weighted by molar-refractivity contribution is 7.88. The Morgan fingerprint density at radius 1 is 1.38 bits per heavy atom. The van der Waals surface area contributed by atoms with Crippen LogP contribution in [0.25, 0.3) is 0 Å². The molecule has 0 saturated carbocycles. The Morgan fingerprint density at radius 3 is 2.44 bits per heavy atom. The van der Waals surface area contributed by atoms with E-state index < -0.39 is 10.0 Å². The normalized spacial score (nSPS) is 30.7. The number of hydrogen-bond acceptors (Lipinski definition) is 4. The van der Waals surface area contributed by atoms with Gasteiger partial charge in [0, 0.05) is 19.6 Å². The van der Waals surface area contributed by atoms with E-state index in [1.807, 2.05) is 0 Å². The molecule has 0 amide bonds. The van der Waals surface area contributed by atoms with Gasteiger partial charge in [0.25, 0.3) is 0 Å². The Balaban J connectivity index is 1.98. The number of hydrogen-bond donors (Lipinski definition) is 1. The van der Waals surface area contributed by atoms with Crippen molar-refractivity contribution >= 4 is 16.3 Å². The Morgan fingerprint density at radius 2 is 2.00 bits per heavy atom. The fourth-order valence-electron chi connectivity index (χ4n) is 2.73. The minimum Gasteiger partial charge on any atom is -0.307 e. The van der Waals surface area contributed by atoms with Crippen LogP contribution in [0.5, 0.6) is 0 Å². The van der Waals surface area contributed by atoms with Gasteiger partial charge in [-0.1, -0.05) is 0 Å². The zero-order valence-corrected chi connectivity index (χ0v) is 10.3. The summed E-state index contributed by atoms with van der Waals surface area (Å²) < 4.78 is 24.3. The molecule has 1 spiro atoms. The lowest BCUT2D eigenvalue weighted by atomic mass is 9.77. The van der Waals surface area contributed by atoms with Crippen LogP contribution in [0.3, 0.4) is 0 Å². The molecule has 0 radical (unpaired) electrons. The third-order valence-corrected chi connectivity index (χ3v) is 5.11. The number of rotatable bonds is 2. The van der Waals surface area contributed by atoms with Crippen molar-refractivity contribution in [2.45, 2.75) is 25.3 Å². The van der Waals surface area contributed by atoms with Gasteiger partial charge in [0.2, 0.25) is 10.0 Å². The van der Waals surface area contributed by atoms with Crippen LogP contribution in [-0.4, -0.2) is 50.9 Å². The summed E-state index contributed by atoms with van der Waals surface area (Å²) in [5, 5.41) is 3.18. The Hall–Kier alpha value is -0.460. The number of aldehydes is 1. The molecule has 0 unspecified atom stereocenters. The average Bonchev–Trinajstić information content (AvgIpc) is 2.61. The molecule has 0 aromatic heterocycles. The Labute approximate surface area is 96.2 Å². The molecule has 1 N–H and O–H groups in total. The first-order valence-electron chi connectivity index (χ1n) is 5.59. The molecule has 2 rings (SSSR count). The van der Waals surface area contributed by atoms with Crippen molar-refractivity contribution in [1.82, 2.24) is 9.62 Å². The van der Waals surface area contributed by atoms with Gasteiger partial charge in [-0.3, -0.25) is 0 Å². The number of nitrogens with one attached hydrogen (secondary N) is 1. The van der Waals surface area contributed by atoms with Gasteiger partial charge in [-0.2, -0.15) is 0 Å². The van der Waals surface area contributed by atoms with Crippen molar-refractivity contribution in [1.29, 1.82) is 0 Å². The maximum atomic E-state index is 11.4. The van der Waals surface area contributed by atoms with Gasteiger partial charge in [-0.05, 0) is 24.7 Å². The number of piperidine rings is 1. The van der Waals surface area contributed by atoms with Crippen LogP contribution < -0.4 is 5.32 Å². The van der Waals surface area contributed by atoms with Crippen LogP contribution in [0, 0.1) is 5.41 Å². The summed E-state index contributed by atoms with van der Waals surface area (Å²) in [5.41, 5.74) is 0.146. The first-order chi connectivity index (χ1) is 7.45. The topological polar surface area (TPSA) is 66.5 Å². The van der Waals surface area contributed by atoms with Gasteiger partial charge < -0.3 is 10.1 Å². The summed E-state index contributed by atoms with van der Waals surface area (Å²) in [5.74, 6) is 0. The van der Waals surface area contributed by atoms with E-state index in [-0.39, 0.29) is 11.5 Å². The molecular formula is C10H18N2O3S. The van der Waals surface area contributed by atoms with E-state index in [9.17, 15) is 13.2 Å². The first-order valence-corrected chi connectivity index (χ1v) is 7.44. The molecule has 2 aliphatic heterocycles. The fourth-order valence-corrected chi connectivity index (χ4v) is 3.57. The molecule has 2 heterocycles. The molecule has 2 saturated heterocycles. The third-order valence-electron chi connectivity index (χ3n) is 3.81. The highest BCUT2D eigenvalue weighted by atomic mass is 32.2. The van der Waals surface area contributed by atoms with Gasteiger partial charge in [-0.25, -0.2) is 12.7 Å². The van der Waals surface area contributed by atoms with Crippen molar-refractivity contribution in [3.8, 4) is 0 Å². The van der Waals surface area contributed by atoms with Crippen LogP contribution in [-0.2, 0) is 14.8 Å². The maximum Gasteiger partial charge on any atom is 0.211 e.